The zero-order chi connectivity index (χ0) is 13.0. The van der Waals surface area contributed by atoms with Crippen LogP contribution in [0.2, 0.25) is 0 Å². The first-order chi connectivity index (χ1) is 8.01. The highest BCUT2D eigenvalue weighted by atomic mass is 19.2. The zero-order valence-corrected chi connectivity index (χ0v) is 9.07. The van der Waals surface area contributed by atoms with E-state index in [1.807, 2.05) is 0 Å². The van der Waals surface area contributed by atoms with Gasteiger partial charge < -0.3 is 4.74 Å². The Morgan fingerprint density at radius 3 is 2.47 bits per heavy atom. The number of hydrogen-bond donors (Lipinski definition) is 0. The normalized spacial score (nSPS) is 11.7. The van der Waals surface area contributed by atoms with Gasteiger partial charge in [-0.3, -0.25) is 9.59 Å². The van der Waals surface area contributed by atoms with Gasteiger partial charge >= 0.3 is 5.97 Å². The van der Waals surface area contributed by atoms with E-state index in [0.29, 0.717) is 0 Å². The minimum atomic E-state index is -1.31. The summed E-state index contributed by atoms with van der Waals surface area (Å²) >= 11 is 0. The van der Waals surface area contributed by atoms with Gasteiger partial charge in [0.2, 0.25) is 0 Å². The van der Waals surface area contributed by atoms with Crippen LogP contribution in [0.15, 0.2) is 30.9 Å². The number of esters is 1. The fourth-order valence-corrected chi connectivity index (χ4v) is 1.34. The van der Waals surface area contributed by atoms with Gasteiger partial charge in [0.25, 0.3) is 0 Å². The van der Waals surface area contributed by atoms with Crippen molar-refractivity contribution < 1.29 is 23.1 Å². The summed E-state index contributed by atoms with van der Waals surface area (Å²) in [4.78, 5) is 22.9. The molecule has 1 unspecified atom stereocenters. The lowest BCUT2D eigenvalue weighted by atomic mass is 9.94. The summed E-state index contributed by atoms with van der Waals surface area (Å²) in [7, 11) is 1.10. The number of benzene rings is 1. The highest BCUT2D eigenvalue weighted by molar-refractivity contribution is 6.09. The van der Waals surface area contributed by atoms with Crippen molar-refractivity contribution in [1.82, 2.24) is 0 Å². The van der Waals surface area contributed by atoms with E-state index in [9.17, 15) is 18.4 Å². The molecule has 0 saturated carbocycles. The van der Waals surface area contributed by atoms with Crippen molar-refractivity contribution in [3.05, 3.63) is 48.1 Å². The van der Waals surface area contributed by atoms with E-state index in [4.69, 9.17) is 0 Å². The maximum Gasteiger partial charge on any atom is 0.321 e. The van der Waals surface area contributed by atoms with E-state index in [-0.39, 0.29) is 5.56 Å². The molecular weight excluding hydrogens is 230 g/mol. The quantitative estimate of drug-likeness (QED) is 0.459. The number of halogens is 2. The summed E-state index contributed by atoms with van der Waals surface area (Å²) in [5.41, 5.74) is 0.0284. The Morgan fingerprint density at radius 1 is 1.35 bits per heavy atom. The number of carbonyl (C=O) groups excluding carboxylic acids is 2. The molecule has 0 bridgehead atoms. The van der Waals surface area contributed by atoms with Crippen molar-refractivity contribution >= 4 is 11.8 Å². The lowest BCUT2D eigenvalue weighted by molar-refractivity contribution is -0.144. The van der Waals surface area contributed by atoms with Crippen molar-refractivity contribution in [2.45, 2.75) is 5.92 Å². The molecular formula is C12H10F2O3. The predicted molar refractivity (Wildman–Crippen MR) is 56.3 cm³/mol. The summed E-state index contributed by atoms with van der Waals surface area (Å²) in [6, 6.07) is 2.79. The molecule has 0 N–H and O–H groups in total. The summed E-state index contributed by atoms with van der Waals surface area (Å²) in [6.07, 6.45) is 0.933. The van der Waals surface area contributed by atoms with Crippen molar-refractivity contribution in [2.24, 2.45) is 0 Å². The molecule has 0 fully saturated rings. The van der Waals surface area contributed by atoms with Gasteiger partial charge in [-0.2, -0.15) is 0 Å². The molecule has 0 radical (unpaired) electrons. The molecule has 0 saturated heterocycles. The molecule has 0 aromatic heterocycles. The molecule has 17 heavy (non-hydrogen) atoms. The molecule has 5 heteroatoms. The molecule has 1 atom stereocenters. The standard InChI is InChI=1S/C12H10F2O3/c1-3-10(15)11(12(16)17-2)7-4-5-8(13)9(14)6-7/h3-6,11H,1H2,2H3. The van der Waals surface area contributed by atoms with Crippen LogP contribution in [-0.4, -0.2) is 18.9 Å². The van der Waals surface area contributed by atoms with Crippen LogP contribution in [0.4, 0.5) is 8.78 Å². The third-order valence-electron chi connectivity index (χ3n) is 2.20. The average molecular weight is 240 g/mol. The smallest absolute Gasteiger partial charge is 0.321 e. The number of ketones is 1. The van der Waals surface area contributed by atoms with Crippen molar-refractivity contribution in [3.8, 4) is 0 Å². The molecule has 1 aromatic carbocycles. The van der Waals surface area contributed by atoms with Crippen LogP contribution >= 0.6 is 0 Å². The topological polar surface area (TPSA) is 43.4 Å². The largest absolute Gasteiger partial charge is 0.468 e. The minimum absolute atomic E-state index is 0.0284. The first-order valence-electron chi connectivity index (χ1n) is 4.70. The first-order valence-corrected chi connectivity index (χ1v) is 4.70. The van der Waals surface area contributed by atoms with E-state index in [1.54, 1.807) is 0 Å². The third-order valence-corrected chi connectivity index (χ3v) is 2.20. The molecule has 0 spiro atoms. The highest BCUT2D eigenvalue weighted by Gasteiger charge is 2.28. The first kappa shape index (κ1) is 13.0. The Kier molecular flexibility index (Phi) is 4.09. The van der Waals surface area contributed by atoms with Crippen molar-refractivity contribution in [2.75, 3.05) is 7.11 Å². The Hall–Kier alpha value is -2.04. The summed E-state index contributed by atoms with van der Waals surface area (Å²) < 4.78 is 30.2. The van der Waals surface area contributed by atoms with Crippen LogP contribution < -0.4 is 0 Å². The summed E-state index contributed by atoms with van der Waals surface area (Å²) in [5.74, 6) is -4.98. The molecule has 0 aliphatic carbocycles. The lowest BCUT2D eigenvalue weighted by Crippen LogP contribution is -2.22. The minimum Gasteiger partial charge on any atom is -0.468 e. The van der Waals surface area contributed by atoms with Crippen LogP contribution in [0.5, 0.6) is 0 Å². The Bertz CT molecular complexity index is 469. The lowest BCUT2D eigenvalue weighted by Gasteiger charge is -2.12. The number of hydrogen-bond acceptors (Lipinski definition) is 3. The number of rotatable bonds is 4. The van der Waals surface area contributed by atoms with Crippen molar-refractivity contribution in [1.29, 1.82) is 0 Å². The van der Waals surface area contributed by atoms with Gasteiger partial charge in [0, 0.05) is 0 Å². The molecule has 1 aromatic rings. The maximum atomic E-state index is 13.0. The van der Waals surface area contributed by atoms with Gasteiger partial charge in [0.05, 0.1) is 7.11 Å². The monoisotopic (exact) mass is 240 g/mol. The predicted octanol–water partition coefficient (Wildman–Crippen LogP) is 1.98. The fourth-order valence-electron chi connectivity index (χ4n) is 1.34. The fraction of sp³-hybridized carbons (Fsp3) is 0.167. The van der Waals surface area contributed by atoms with E-state index in [2.05, 4.69) is 11.3 Å². The van der Waals surface area contributed by atoms with E-state index < -0.39 is 29.3 Å². The molecule has 0 aliphatic rings. The molecule has 3 nitrogen and oxygen atoms in total. The highest BCUT2D eigenvalue weighted by Crippen LogP contribution is 2.21. The number of methoxy groups -OCH3 is 1. The number of carbonyl (C=O) groups is 2. The average Bonchev–Trinajstić information content (AvgIpc) is 2.33. The molecule has 0 amide bonds. The van der Waals surface area contributed by atoms with Gasteiger partial charge in [-0.05, 0) is 23.8 Å². The summed E-state index contributed by atoms with van der Waals surface area (Å²) in [5, 5.41) is 0. The molecule has 0 heterocycles. The second-order valence-electron chi connectivity index (χ2n) is 3.24. The van der Waals surface area contributed by atoms with Crippen LogP contribution in [-0.2, 0) is 14.3 Å². The van der Waals surface area contributed by atoms with E-state index in [0.717, 1.165) is 31.4 Å². The second-order valence-corrected chi connectivity index (χ2v) is 3.24. The molecule has 90 valence electrons. The van der Waals surface area contributed by atoms with Gasteiger partial charge in [-0.15, -0.1) is 0 Å². The Morgan fingerprint density at radius 2 is 2.00 bits per heavy atom. The number of ether oxygens (including phenoxy) is 1. The molecule has 0 aliphatic heterocycles. The van der Waals surface area contributed by atoms with Crippen LogP contribution in [0, 0.1) is 11.6 Å². The zero-order valence-electron chi connectivity index (χ0n) is 9.07. The molecule has 1 rings (SSSR count). The van der Waals surface area contributed by atoms with Crippen molar-refractivity contribution in [3.63, 3.8) is 0 Å². The van der Waals surface area contributed by atoms with Gasteiger partial charge in [0.15, 0.2) is 17.4 Å². The van der Waals surface area contributed by atoms with Crippen LogP contribution in [0.3, 0.4) is 0 Å². The van der Waals surface area contributed by atoms with Crippen LogP contribution in [0.25, 0.3) is 0 Å². The summed E-state index contributed by atoms with van der Waals surface area (Å²) in [6.45, 7) is 3.24. The Labute approximate surface area is 96.7 Å². The number of allylic oxidation sites excluding steroid dienone is 1. The Balaban J connectivity index is 3.21. The maximum absolute atomic E-state index is 13.0. The van der Waals surface area contributed by atoms with E-state index >= 15 is 0 Å². The van der Waals surface area contributed by atoms with Gasteiger partial charge in [0.1, 0.15) is 5.92 Å². The van der Waals surface area contributed by atoms with Gasteiger partial charge in [-0.1, -0.05) is 12.6 Å². The van der Waals surface area contributed by atoms with Gasteiger partial charge in [-0.25, -0.2) is 8.78 Å². The van der Waals surface area contributed by atoms with E-state index in [1.165, 1.54) is 0 Å². The SMILES string of the molecule is C=CC(=O)C(C(=O)OC)c1ccc(F)c(F)c1. The second kappa shape index (κ2) is 5.34. The van der Waals surface area contributed by atoms with Crippen LogP contribution in [0.1, 0.15) is 11.5 Å². The third kappa shape index (κ3) is 2.75.